The topological polar surface area (TPSA) is 27.0 Å². The summed E-state index contributed by atoms with van der Waals surface area (Å²) in [6, 6.07) is 3.96. The summed E-state index contributed by atoms with van der Waals surface area (Å²) in [5, 5.41) is 9.26. The van der Waals surface area contributed by atoms with Gasteiger partial charge in [0, 0.05) is 12.1 Å². The lowest BCUT2D eigenvalue weighted by molar-refractivity contribution is 0.117. The maximum atomic E-state index is 9.26. The Morgan fingerprint density at radius 2 is 1.94 bits per heavy atom. The summed E-state index contributed by atoms with van der Waals surface area (Å²) in [5.41, 5.74) is 0. The monoisotopic (exact) mass is 220 g/mol. The van der Waals surface area contributed by atoms with Gasteiger partial charge < -0.3 is 0 Å². The first-order valence-corrected chi connectivity index (χ1v) is 7.02. The Bertz CT molecular complexity index is 252. The van der Waals surface area contributed by atoms with Crippen molar-refractivity contribution in [2.24, 2.45) is 5.92 Å². The summed E-state index contributed by atoms with van der Waals surface area (Å²) < 4.78 is 0. The van der Waals surface area contributed by atoms with Gasteiger partial charge in [-0.3, -0.25) is 4.90 Å². The molecule has 2 aliphatic rings. The molecule has 0 amide bonds. The summed E-state index contributed by atoms with van der Waals surface area (Å²) in [7, 11) is 0. The van der Waals surface area contributed by atoms with Gasteiger partial charge in [-0.25, -0.2) is 0 Å². The van der Waals surface area contributed by atoms with Crippen molar-refractivity contribution < 1.29 is 0 Å². The molecule has 90 valence electrons. The molecule has 2 aliphatic carbocycles. The Morgan fingerprint density at radius 1 is 1.19 bits per heavy atom. The molecular weight excluding hydrogens is 196 g/mol. The van der Waals surface area contributed by atoms with Gasteiger partial charge in [0.1, 0.15) is 0 Å². The number of hydrogen-bond donors (Lipinski definition) is 0. The smallest absolute Gasteiger partial charge is 0.0672 e. The van der Waals surface area contributed by atoms with Crippen LogP contribution >= 0.6 is 0 Å². The fourth-order valence-corrected chi connectivity index (χ4v) is 3.02. The van der Waals surface area contributed by atoms with E-state index in [0.29, 0.717) is 12.0 Å². The molecule has 0 radical (unpaired) electrons. The molecule has 2 unspecified atom stereocenters. The number of unbranched alkanes of at least 4 members (excludes halogenated alkanes) is 1. The second kappa shape index (κ2) is 5.68. The number of rotatable bonds is 5. The fraction of sp³-hybridized carbons (Fsp3) is 0.929. The molecule has 0 heterocycles. The first-order chi connectivity index (χ1) is 7.86. The Labute approximate surface area is 99.6 Å². The molecular formula is C14H24N2. The molecule has 2 fully saturated rings. The molecule has 2 nitrogen and oxygen atoms in total. The van der Waals surface area contributed by atoms with Crippen LogP contribution in [0.3, 0.4) is 0 Å². The average molecular weight is 220 g/mol. The average Bonchev–Trinajstić information content (AvgIpc) is 3.14. The molecule has 0 aromatic heterocycles. The standard InChI is InChI=1S/C14H24N2/c1-2-3-10-16(13-8-9-13)14-7-5-4-6-12(14)11-15/h12-14H,2-10H2,1H3. The molecule has 0 bridgehead atoms. The van der Waals surface area contributed by atoms with Crippen LogP contribution in [-0.4, -0.2) is 23.5 Å². The van der Waals surface area contributed by atoms with Crippen LogP contribution in [0.2, 0.25) is 0 Å². The predicted octanol–water partition coefficient (Wildman–Crippen LogP) is 3.33. The molecule has 2 saturated carbocycles. The SMILES string of the molecule is CCCCN(C1CC1)C1CCCCC1C#N. The van der Waals surface area contributed by atoms with Crippen LogP contribution in [-0.2, 0) is 0 Å². The second-order valence-corrected chi connectivity index (χ2v) is 5.41. The van der Waals surface area contributed by atoms with E-state index in [1.807, 2.05) is 0 Å². The normalized spacial score (nSPS) is 30.3. The molecule has 16 heavy (non-hydrogen) atoms. The third-order valence-corrected chi connectivity index (χ3v) is 4.11. The third kappa shape index (κ3) is 2.77. The minimum Gasteiger partial charge on any atom is -0.296 e. The summed E-state index contributed by atoms with van der Waals surface area (Å²) in [6.45, 7) is 3.48. The minimum atomic E-state index is 0.311. The highest BCUT2D eigenvalue weighted by molar-refractivity contribution is 4.99. The van der Waals surface area contributed by atoms with Crippen LogP contribution < -0.4 is 0 Å². The lowest BCUT2D eigenvalue weighted by Crippen LogP contribution is -2.44. The van der Waals surface area contributed by atoms with Crippen LogP contribution in [0.5, 0.6) is 0 Å². The van der Waals surface area contributed by atoms with E-state index in [0.717, 1.165) is 12.5 Å². The van der Waals surface area contributed by atoms with Gasteiger partial charge in [-0.15, -0.1) is 0 Å². The molecule has 2 atom stereocenters. The molecule has 0 spiro atoms. The Kier molecular flexibility index (Phi) is 4.23. The van der Waals surface area contributed by atoms with Gasteiger partial charge in [0.05, 0.1) is 12.0 Å². The van der Waals surface area contributed by atoms with Crippen molar-refractivity contribution in [3.05, 3.63) is 0 Å². The quantitative estimate of drug-likeness (QED) is 0.710. The van der Waals surface area contributed by atoms with Gasteiger partial charge in [-0.05, 0) is 38.6 Å². The van der Waals surface area contributed by atoms with Crippen LogP contribution in [0.25, 0.3) is 0 Å². The molecule has 0 aromatic rings. The molecule has 0 aliphatic heterocycles. The van der Waals surface area contributed by atoms with Gasteiger partial charge in [-0.2, -0.15) is 5.26 Å². The first-order valence-electron chi connectivity index (χ1n) is 7.02. The summed E-state index contributed by atoms with van der Waals surface area (Å²) in [4.78, 5) is 2.68. The van der Waals surface area contributed by atoms with Crippen LogP contribution in [0.1, 0.15) is 58.3 Å². The lowest BCUT2D eigenvalue weighted by Gasteiger charge is -2.37. The number of nitriles is 1. The van der Waals surface area contributed by atoms with Crippen molar-refractivity contribution in [3.8, 4) is 6.07 Å². The van der Waals surface area contributed by atoms with E-state index < -0.39 is 0 Å². The van der Waals surface area contributed by atoms with Gasteiger partial charge in [0.25, 0.3) is 0 Å². The molecule has 2 rings (SSSR count). The second-order valence-electron chi connectivity index (χ2n) is 5.41. The van der Waals surface area contributed by atoms with E-state index in [4.69, 9.17) is 0 Å². The van der Waals surface area contributed by atoms with Crippen molar-refractivity contribution in [2.45, 2.75) is 70.4 Å². The highest BCUT2D eigenvalue weighted by Gasteiger charge is 2.37. The zero-order chi connectivity index (χ0) is 11.4. The van der Waals surface area contributed by atoms with E-state index in [-0.39, 0.29) is 0 Å². The van der Waals surface area contributed by atoms with Crippen LogP contribution in [0, 0.1) is 17.2 Å². The van der Waals surface area contributed by atoms with Gasteiger partial charge in [0.15, 0.2) is 0 Å². The third-order valence-electron chi connectivity index (χ3n) is 4.11. The summed E-state index contributed by atoms with van der Waals surface area (Å²) >= 11 is 0. The van der Waals surface area contributed by atoms with Crippen molar-refractivity contribution in [1.29, 1.82) is 5.26 Å². The van der Waals surface area contributed by atoms with Crippen LogP contribution in [0.4, 0.5) is 0 Å². The first kappa shape index (κ1) is 11.9. The number of nitrogens with zero attached hydrogens (tertiary/aromatic N) is 2. The zero-order valence-electron chi connectivity index (χ0n) is 10.5. The van der Waals surface area contributed by atoms with Crippen molar-refractivity contribution in [3.63, 3.8) is 0 Å². The van der Waals surface area contributed by atoms with Crippen LogP contribution in [0.15, 0.2) is 0 Å². The summed E-state index contributed by atoms with van der Waals surface area (Å²) in [6.07, 6.45) is 10.3. The minimum absolute atomic E-state index is 0.311. The van der Waals surface area contributed by atoms with Crippen molar-refractivity contribution in [1.82, 2.24) is 4.90 Å². The van der Waals surface area contributed by atoms with E-state index in [2.05, 4.69) is 17.9 Å². The maximum absolute atomic E-state index is 9.26. The molecule has 0 aromatic carbocycles. The Hall–Kier alpha value is -0.550. The van der Waals surface area contributed by atoms with E-state index in [1.54, 1.807) is 0 Å². The van der Waals surface area contributed by atoms with Gasteiger partial charge in [0.2, 0.25) is 0 Å². The zero-order valence-corrected chi connectivity index (χ0v) is 10.5. The molecule has 2 heteroatoms. The maximum Gasteiger partial charge on any atom is 0.0672 e. The van der Waals surface area contributed by atoms with E-state index in [1.165, 1.54) is 51.5 Å². The van der Waals surface area contributed by atoms with Crippen molar-refractivity contribution in [2.75, 3.05) is 6.54 Å². The lowest BCUT2D eigenvalue weighted by atomic mass is 9.84. The number of hydrogen-bond acceptors (Lipinski definition) is 2. The van der Waals surface area contributed by atoms with Gasteiger partial charge >= 0.3 is 0 Å². The Balaban J connectivity index is 1.96. The largest absolute Gasteiger partial charge is 0.296 e. The van der Waals surface area contributed by atoms with E-state index >= 15 is 0 Å². The predicted molar refractivity (Wildman–Crippen MR) is 66.0 cm³/mol. The highest BCUT2D eigenvalue weighted by Crippen LogP contribution is 2.36. The molecule has 0 saturated heterocycles. The molecule has 0 N–H and O–H groups in total. The fourth-order valence-electron chi connectivity index (χ4n) is 3.02. The Morgan fingerprint density at radius 3 is 2.56 bits per heavy atom. The van der Waals surface area contributed by atoms with Gasteiger partial charge in [-0.1, -0.05) is 26.2 Å². The van der Waals surface area contributed by atoms with E-state index in [9.17, 15) is 5.26 Å². The summed E-state index contributed by atoms with van der Waals surface area (Å²) in [5.74, 6) is 0.311. The van der Waals surface area contributed by atoms with Crippen molar-refractivity contribution >= 4 is 0 Å². The highest BCUT2D eigenvalue weighted by atomic mass is 15.2.